The molecule has 0 aliphatic carbocycles. The zero-order valence-corrected chi connectivity index (χ0v) is 11.1. The van der Waals surface area contributed by atoms with Crippen molar-refractivity contribution in [2.45, 2.75) is 20.3 Å². The molecule has 98 valence electrons. The van der Waals surface area contributed by atoms with Gasteiger partial charge in [0.15, 0.2) is 0 Å². The molecule has 1 aliphatic heterocycles. The van der Waals surface area contributed by atoms with E-state index < -0.39 is 5.92 Å². The molecule has 1 heterocycles. The second-order valence-corrected chi connectivity index (χ2v) is 5.05. The molecular formula is C15H16N2O2. The van der Waals surface area contributed by atoms with Gasteiger partial charge in [0.25, 0.3) is 0 Å². The highest BCUT2D eigenvalue weighted by Gasteiger charge is 2.38. The maximum absolute atomic E-state index is 12.3. The minimum atomic E-state index is -0.522. The first-order valence-electron chi connectivity index (χ1n) is 6.40. The van der Waals surface area contributed by atoms with Crippen LogP contribution in [0.25, 0.3) is 0 Å². The Morgan fingerprint density at radius 3 is 2.84 bits per heavy atom. The largest absolute Gasteiger partial charge is 0.312 e. The number of anilines is 1. The van der Waals surface area contributed by atoms with E-state index in [0.29, 0.717) is 24.2 Å². The van der Waals surface area contributed by atoms with Crippen LogP contribution in [0, 0.1) is 23.2 Å². The van der Waals surface area contributed by atoms with Crippen molar-refractivity contribution in [3.05, 3.63) is 29.8 Å². The first-order valence-corrected chi connectivity index (χ1v) is 6.40. The molecule has 0 radical (unpaired) electrons. The highest BCUT2D eigenvalue weighted by Crippen LogP contribution is 2.27. The van der Waals surface area contributed by atoms with Gasteiger partial charge in [-0.15, -0.1) is 0 Å². The molecule has 0 spiro atoms. The van der Waals surface area contributed by atoms with Crippen LogP contribution in [0.3, 0.4) is 0 Å². The van der Waals surface area contributed by atoms with Gasteiger partial charge in [0, 0.05) is 18.2 Å². The summed E-state index contributed by atoms with van der Waals surface area (Å²) in [5, 5.41) is 8.88. The SMILES string of the molecule is CC(C)C(=O)C1CCN(c2cccc(C#N)c2)C1=O. The van der Waals surface area contributed by atoms with Crippen LogP contribution in [-0.2, 0) is 9.59 Å². The second-order valence-electron chi connectivity index (χ2n) is 5.05. The van der Waals surface area contributed by atoms with Crippen molar-refractivity contribution in [3.63, 3.8) is 0 Å². The van der Waals surface area contributed by atoms with Crippen molar-refractivity contribution in [2.75, 3.05) is 11.4 Å². The normalized spacial score (nSPS) is 18.7. The van der Waals surface area contributed by atoms with Gasteiger partial charge in [-0.2, -0.15) is 5.26 Å². The maximum atomic E-state index is 12.3. The van der Waals surface area contributed by atoms with Gasteiger partial charge in [0.1, 0.15) is 5.78 Å². The molecule has 0 aromatic heterocycles. The summed E-state index contributed by atoms with van der Waals surface area (Å²) in [7, 11) is 0. The Labute approximate surface area is 112 Å². The third-order valence-corrected chi connectivity index (χ3v) is 3.40. The third-order valence-electron chi connectivity index (χ3n) is 3.40. The van der Waals surface area contributed by atoms with Gasteiger partial charge in [-0.1, -0.05) is 19.9 Å². The molecule has 1 atom stereocenters. The molecule has 2 rings (SSSR count). The van der Waals surface area contributed by atoms with Crippen molar-refractivity contribution < 1.29 is 9.59 Å². The summed E-state index contributed by atoms with van der Waals surface area (Å²) in [5.41, 5.74) is 1.21. The Balaban J connectivity index is 2.22. The van der Waals surface area contributed by atoms with Gasteiger partial charge in [-0.25, -0.2) is 0 Å². The molecule has 1 fully saturated rings. The number of carbonyl (C=O) groups is 2. The van der Waals surface area contributed by atoms with Crippen molar-refractivity contribution in [3.8, 4) is 6.07 Å². The molecule has 0 saturated carbocycles. The average molecular weight is 256 g/mol. The Morgan fingerprint density at radius 2 is 2.21 bits per heavy atom. The van der Waals surface area contributed by atoms with Crippen LogP contribution in [0.4, 0.5) is 5.69 Å². The number of amides is 1. The standard InChI is InChI=1S/C15H16N2O2/c1-10(2)14(18)13-6-7-17(15(13)19)12-5-3-4-11(8-12)9-16/h3-5,8,10,13H,6-7H2,1-2H3. The van der Waals surface area contributed by atoms with Gasteiger partial charge >= 0.3 is 0 Å². The lowest BCUT2D eigenvalue weighted by atomic mass is 9.94. The Bertz CT molecular complexity index is 558. The van der Waals surface area contributed by atoms with Crippen LogP contribution in [0.2, 0.25) is 0 Å². The molecule has 0 N–H and O–H groups in total. The highest BCUT2D eigenvalue weighted by molar-refractivity contribution is 6.10. The number of rotatable bonds is 3. The lowest BCUT2D eigenvalue weighted by Gasteiger charge is -2.17. The molecule has 1 aromatic rings. The number of benzene rings is 1. The number of nitrogens with zero attached hydrogens (tertiary/aromatic N) is 2. The fraction of sp³-hybridized carbons (Fsp3) is 0.400. The first kappa shape index (κ1) is 13.3. The monoisotopic (exact) mass is 256 g/mol. The van der Waals surface area contributed by atoms with Gasteiger partial charge in [-0.05, 0) is 24.6 Å². The van der Waals surface area contributed by atoms with E-state index in [-0.39, 0.29) is 17.6 Å². The van der Waals surface area contributed by atoms with E-state index in [2.05, 4.69) is 6.07 Å². The summed E-state index contributed by atoms with van der Waals surface area (Å²) in [5.74, 6) is -0.789. The van der Waals surface area contributed by atoms with Crippen molar-refractivity contribution >= 4 is 17.4 Å². The van der Waals surface area contributed by atoms with E-state index in [1.54, 1.807) is 29.2 Å². The summed E-state index contributed by atoms with van der Waals surface area (Å²) >= 11 is 0. The van der Waals surface area contributed by atoms with Crippen molar-refractivity contribution in [1.82, 2.24) is 0 Å². The number of ketones is 1. The summed E-state index contributed by atoms with van der Waals surface area (Å²) < 4.78 is 0. The topological polar surface area (TPSA) is 61.2 Å². The second kappa shape index (κ2) is 5.23. The minimum absolute atomic E-state index is 0.00365. The van der Waals surface area contributed by atoms with E-state index >= 15 is 0 Å². The molecule has 1 amide bonds. The van der Waals surface area contributed by atoms with Crippen LogP contribution in [0.15, 0.2) is 24.3 Å². The molecule has 19 heavy (non-hydrogen) atoms. The van der Waals surface area contributed by atoms with E-state index in [1.807, 2.05) is 13.8 Å². The molecule has 0 bridgehead atoms. The number of hydrogen-bond acceptors (Lipinski definition) is 3. The van der Waals surface area contributed by atoms with Gasteiger partial charge < -0.3 is 4.90 Å². The van der Waals surface area contributed by atoms with Gasteiger partial charge in [0.05, 0.1) is 17.6 Å². The van der Waals surface area contributed by atoms with Crippen LogP contribution >= 0.6 is 0 Å². The fourth-order valence-electron chi connectivity index (χ4n) is 2.35. The first-order chi connectivity index (χ1) is 9.04. The lowest BCUT2D eigenvalue weighted by Crippen LogP contribution is -2.31. The third kappa shape index (κ3) is 2.50. The number of hydrogen-bond donors (Lipinski definition) is 0. The molecule has 4 nitrogen and oxygen atoms in total. The molecule has 1 unspecified atom stereocenters. The highest BCUT2D eigenvalue weighted by atomic mass is 16.2. The average Bonchev–Trinajstić information content (AvgIpc) is 2.79. The van der Waals surface area contributed by atoms with Crippen LogP contribution in [0.5, 0.6) is 0 Å². The van der Waals surface area contributed by atoms with E-state index in [9.17, 15) is 9.59 Å². The van der Waals surface area contributed by atoms with Gasteiger partial charge in [-0.3, -0.25) is 9.59 Å². The molecule has 4 heteroatoms. The molecule has 1 aliphatic rings. The predicted molar refractivity (Wildman–Crippen MR) is 71.5 cm³/mol. The molecular weight excluding hydrogens is 240 g/mol. The molecule has 1 aromatic carbocycles. The zero-order valence-electron chi connectivity index (χ0n) is 11.1. The van der Waals surface area contributed by atoms with E-state index in [4.69, 9.17) is 5.26 Å². The smallest absolute Gasteiger partial charge is 0.237 e. The zero-order chi connectivity index (χ0) is 14.0. The fourth-order valence-corrected chi connectivity index (χ4v) is 2.35. The summed E-state index contributed by atoms with van der Waals surface area (Å²) in [6, 6.07) is 8.97. The number of Topliss-reactive ketones (excluding diaryl/α,β-unsaturated/α-hetero) is 1. The molecule has 1 saturated heterocycles. The number of nitriles is 1. The maximum Gasteiger partial charge on any atom is 0.237 e. The Morgan fingerprint density at radius 1 is 1.47 bits per heavy atom. The quantitative estimate of drug-likeness (QED) is 0.778. The van der Waals surface area contributed by atoms with E-state index in [1.165, 1.54) is 0 Å². The number of carbonyl (C=O) groups excluding carboxylic acids is 2. The Kier molecular flexibility index (Phi) is 3.66. The van der Waals surface area contributed by atoms with Crippen molar-refractivity contribution in [1.29, 1.82) is 5.26 Å². The summed E-state index contributed by atoms with van der Waals surface area (Å²) in [6.45, 7) is 4.17. The Hall–Kier alpha value is -2.15. The van der Waals surface area contributed by atoms with Crippen molar-refractivity contribution in [2.24, 2.45) is 11.8 Å². The van der Waals surface area contributed by atoms with E-state index in [0.717, 1.165) is 0 Å². The summed E-state index contributed by atoms with van der Waals surface area (Å²) in [6.07, 6.45) is 0.562. The lowest BCUT2D eigenvalue weighted by molar-refractivity contribution is -0.132. The van der Waals surface area contributed by atoms with Crippen LogP contribution in [0.1, 0.15) is 25.8 Å². The summed E-state index contributed by atoms with van der Waals surface area (Å²) in [4.78, 5) is 25.8. The van der Waals surface area contributed by atoms with Crippen LogP contribution < -0.4 is 4.90 Å². The minimum Gasteiger partial charge on any atom is -0.312 e. The van der Waals surface area contributed by atoms with Gasteiger partial charge in [0.2, 0.25) is 5.91 Å². The predicted octanol–water partition coefficient (Wildman–Crippen LogP) is 2.14. The van der Waals surface area contributed by atoms with Crippen LogP contribution in [-0.4, -0.2) is 18.2 Å².